The summed E-state index contributed by atoms with van der Waals surface area (Å²) in [5, 5.41) is 2.99. The second-order valence-electron chi connectivity index (χ2n) is 3.91. The fourth-order valence-corrected chi connectivity index (χ4v) is 1.99. The van der Waals surface area contributed by atoms with Crippen molar-refractivity contribution in [3.05, 3.63) is 29.3 Å². The maximum Gasteiger partial charge on any atom is 0.227 e. The summed E-state index contributed by atoms with van der Waals surface area (Å²) in [6.45, 7) is 4.09. The summed E-state index contributed by atoms with van der Waals surface area (Å²) in [4.78, 5) is 11.6. The van der Waals surface area contributed by atoms with Crippen LogP contribution in [0.4, 0.5) is 5.69 Å². The number of para-hydroxylation sites is 1. The van der Waals surface area contributed by atoms with Crippen molar-refractivity contribution in [3.63, 3.8) is 0 Å². The zero-order valence-electron chi connectivity index (χ0n) is 8.63. The monoisotopic (exact) mass is 189 g/mol. The van der Waals surface area contributed by atoms with Crippen molar-refractivity contribution in [2.24, 2.45) is 5.92 Å². The minimum atomic E-state index is 0.157. The van der Waals surface area contributed by atoms with Gasteiger partial charge in [0.15, 0.2) is 0 Å². The first-order valence-electron chi connectivity index (χ1n) is 5.11. The molecule has 2 heteroatoms. The molecule has 2 rings (SSSR count). The molecule has 1 aliphatic rings. The molecule has 1 atom stereocenters. The maximum absolute atomic E-state index is 11.6. The Bertz CT molecular complexity index is 371. The first-order chi connectivity index (χ1) is 6.72. The second kappa shape index (κ2) is 3.45. The van der Waals surface area contributed by atoms with Crippen LogP contribution in [0, 0.1) is 12.8 Å². The van der Waals surface area contributed by atoms with Crippen molar-refractivity contribution >= 4 is 11.6 Å². The Balaban J connectivity index is 2.40. The first-order valence-corrected chi connectivity index (χ1v) is 5.11. The minimum Gasteiger partial charge on any atom is -0.325 e. The van der Waals surface area contributed by atoms with Crippen LogP contribution in [0.2, 0.25) is 0 Å². The lowest BCUT2D eigenvalue weighted by molar-refractivity contribution is -0.120. The van der Waals surface area contributed by atoms with Crippen LogP contribution in [0.5, 0.6) is 0 Å². The normalized spacial score (nSPS) is 20.1. The van der Waals surface area contributed by atoms with Gasteiger partial charge in [0.2, 0.25) is 5.91 Å². The largest absolute Gasteiger partial charge is 0.325 e. The van der Waals surface area contributed by atoms with Gasteiger partial charge in [0, 0.05) is 11.6 Å². The lowest BCUT2D eigenvalue weighted by Crippen LogP contribution is -2.29. The van der Waals surface area contributed by atoms with Gasteiger partial charge < -0.3 is 5.32 Å². The fraction of sp³-hybridized carbons (Fsp3) is 0.417. The highest BCUT2D eigenvalue weighted by Crippen LogP contribution is 2.29. The molecule has 0 spiro atoms. The second-order valence-corrected chi connectivity index (χ2v) is 3.91. The molecule has 74 valence electrons. The van der Waals surface area contributed by atoms with Crippen LogP contribution < -0.4 is 5.32 Å². The van der Waals surface area contributed by atoms with Crippen LogP contribution in [0.1, 0.15) is 24.5 Å². The number of anilines is 1. The molecule has 1 aromatic rings. The Labute approximate surface area is 84.3 Å². The number of aryl methyl sites for hydroxylation is 1. The van der Waals surface area contributed by atoms with E-state index in [0.29, 0.717) is 0 Å². The average molecular weight is 189 g/mol. The van der Waals surface area contributed by atoms with Gasteiger partial charge in [-0.25, -0.2) is 0 Å². The summed E-state index contributed by atoms with van der Waals surface area (Å²) in [5.41, 5.74) is 3.46. The molecule has 0 aromatic heterocycles. The average Bonchev–Trinajstić information content (AvgIpc) is 2.19. The van der Waals surface area contributed by atoms with Crippen molar-refractivity contribution in [1.29, 1.82) is 0 Å². The Kier molecular flexibility index (Phi) is 2.28. The molecule has 1 aromatic carbocycles. The van der Waals surface area contributed by atoms with Gasteiger partial charge in [-0.05, 0) is 30.9 Å². The molecule has 0 aliphatic carbocycles. The quantitative estimate of drug-likeness (QED) is 0.722. The molecule has 1 aliphatic heterocycles. The molecule has 0 bridgehead atoms. The highest BCUT2D eigenvalue weighted by atomic mass is 16.1. The summed E-state index contributed by atoms with van der Waals surface area (Å²) in [5.74, 6) is 0.332. The van der Waals surface area contributed by atoms with Crippen LogP contribution in [-0.2, 0) is 11.2 Å². The number of carbonyl (C=O) groups excluding carboxylic acids is 1. The molecule has 14 heavy (non-hydrogen) atoms. The van der Waals surface area contributed by atoms with Gasteiger partial charge in [0.05, 0.1) is 0 Å². The first kappa shape index (κ1) is 9.25. The van der Waals surface area contributed by atoms with Gasteiger partial charge >= 0.3 is 0 Å². The number of hydrogen-bond donors (Lipinski definition) is 1. The van der Waals surface area contributed by atoms with Gasteiger partial charge in [0.25, 0.3) is 0 Å². The van der Waals surface area contributed by atoms with E-state index in [2.05, 4.69) is 24.4 Å². The van der Waals surface area contributed by atoms with Gasteiger partial charge in [-0.15, -0.1) is 0 Å². The SMILES string of the molecule is CCC1Cc2cccc(C)c2NC1=O. The summed E-state index contributed by atoms with van der Waals surface area (Å²) in [6.07, 6.45) is 1.80. The van der Waals surface area contributed by atoms with Crippen LogP contribution in [0.3, 0.4) is 0 Å². The van der Waals surface area contributed by atoms with Crippen molar-refractivity contribution in [2.45, 2.75) is 26.7 Å². The van der Waals surface area contributed by atoms with E-state index in [0.717, 1.165) is 24.1 Å². The summed E-state index contributed by atoms with van der Waals surface area (Å²) < 4.78 is 0. The van der Waals surface area contributed by atoms with Gasteiger partial charge in [-0.3, -0.25) is 4.79 Å². The molecule has 1 N–H and O–H groups in total. The number of amides is 1. The lowest BCUT2D eigenvalue weighted by atomic mass is 9.90. The third-order valence-electron chi connectivity index (χ3n) is 2.94. The molecular weight excluding hydrogens is 174 g/mol. The van der Waals surface area contributed by atoms with E-state index in [1.807, 2.05) is 13.0 Å². The number of carbonyl (C=O) groups is 1. The Morgan fingerprint density at radius 3 is 3.00 bits per heavy atom. The van der Waals surface area contributed by atoms with Crippen molar-refractivity contribution in [2.75, 3.05) is 5.32 Å². The van der Waals surface area contributed by atoms with Gasteiger partial charge in [-0.2, -0.15) is 0 Å². The number of fused-ring (bicyclic) bond motifs is 1. The van der Waals surface area contributed by atoms with E-state index in [4.69, 9.17) is 0 Å². The Hall–Kier alpha value is -1.31. The number of hydrogen-bond acceptors (Lipinski definition) is 1. The molecule has 0 fully saturated rings. The number of benzene rings is 1. The zero-order chi connectivity index (χ0) is 10.1. The lowest BCUT2D eigenvalue weighted by Gasteiger charge is -2.24. The van der Waals surface area contributed by atoms with E-state index >= 15 is 0 Å². The van der Waals surface area contributed by atoms with Crippen LogP contribution in [0.25, 0.3) is 0 Å². The van der Waals surface area contributed by atoms with E-state index in [1.54, 1.807) is 0 Å². The topological polar surface area (TPSA) is 29.1 Å². The van der Waals surface area contributed by atoms with Crippen LogP contribution in [0.15, 0.2) is 18.2 Å². The molecule has 2 nitrogen and oxygen atoms in total. The summed E-state index contributed by atoms with van der Waals surface area (Å²) in [6, 6.07) is 6.19. The number of nitrogens with one attached hydrogen (secondary N) is 1. The van der Waals surface area contributed by atoms with E-state index < -0.39 is 0 Å². The van der Waals surface area contributed by atoms with Gasteiger partial charge in [-0.1, -0.05) is 25.1 Å². The van der Waals surface area contributed by atoms with Crippen LogP contribution in [-0.4, -0.2) is 5.91 Å². The Morgan fingerprint density at radius 1 is 1.50 bits per heavy atom. The summed E-state index contributed by atoms with van der Waals surface area (Å²) in [7, 11) is 0. The highest BCUT2D eigenvalue weighted by Gasteiger charge is 2.24. The van der Waals surface area contributed by atoms with Crippen molar-refractivity contribution < 1.29 is 4.79 Å². The maximum atomic E-state index is 11.6. The zero-order valence-corrected chi connectivity index (χ0v) is 8.63. The number of rotatable bonds is 1. The van der Waals surface area contributed by atoms with Crippen molar-refractivity contribution in [1.82, 2.24) is 0 Å². The molecule has 1 unspecified atom stereocenters. The third kappa shape index (κ3) is 1.41. The Morgan fingerprint density at radius 2 is 2.29 bits per heavy atom. The highest BCUT2D eigenvalue weighted by molar-refractivity contribution is 5.96. The van der Waals surface area contributed by atoms with E-state index in [-0.39, 0.29) is 11.8 Å². The minimum absolute atomic E-state index is 0.157. The molecule has 0 saturated carbocycles. The fourth-order valence-electron chi connectivity index (χ4n) is 1.99. The van der Waals surface area contributed by atoms with E-state index in [1.165, 1.54) is 5.56 Å². The molecule has 0 radical (unpaired) electrons. The van der Waals surface area contributed by atoms with Gasteiger partial charge in [0.1, 0.15) is 0 Å². The predicted molar refractivity (Wildman–Crippen MR) is 57.3 cm³/mol. The molecule has 1 heterocycles. The third-order valence-corrected chi connectivity index (χ3v) is 2.94. The van der Waals surface area contributed by atoms with Crippen LogP contribution >= 0.6 is 0 Å². The summed E-state index contributed by atoms with van der Waals surface area (Å²) >= 11 is 0. The van der Waals surface area contributed by atoms with E-state index in [9.17, 15) is 4.79 Å². The molecule has 0 saturated heterocycles. The van der Waals surface area contributed by atoms with Crippen molar-refractivity contribution in [3.8, 4) is 0 Å². The smallest absolute Gasteiger partial charge is 0.227 e. The molecular formula is C12H15NO. The predicted octanol–water partition coefficient (Wildman–Crippen LogP) is 2.52. The molecule has 1 amide bonds. The standard InChI is InChI=1S/C12H15NO/c1-3-9-7-10-6-4-5-8(2)11(10)13-12(9)14/h4-6,9H,3,7H2,1-2H3,(H,13,14).